The van der Waals surface area contributed by atoms with E-state index < -0.39 is 33.0 Å². The average Bonchev–Trinajstić information content (AvgIpc) is 3.38. The molecule has 3 atom stereocenters. The van der Waals surface area contributed by atoms with Crippen molar-refractivity contribution in [1.29, 1.82) is 0 Å². The fourth-order valence-electron chi connectivity index (χ4n) is 5.47. The van der Waals surface area contributed by atoms with Crippen LogP contribution in [0.2, 0.25) is 0 Å². The van der Waals surface area contributed by atoms with Gasteiger partial charge >= 0.3 is 5.97 Å². The molecule has 1 saturated heterocycles. The highest BCUT2D eigenvalue weighted by Crippen LogP contribution is 2.32. The number of carboxylic acids is 1. The van der Waals surface area contributed by atoms with Crippen LogP contribution in [0.3, 0.4) is 0 Å². The standard InChI is InChI=1S/C32H38N2O6S2/c1-22-9-7-8-12-27(22)29-17-23(13-14-28(29)31(35)33-30(32(36)37)15-16-41-3)19-34-20-26(18-24(34)21-40-2)42(38,39)25-10-5-4-6-11-25/h4-14,17,24,26,30H,15-16,18-21H2,1-3H3,(H,33,35)(H,36,37)/t24-,26+,30-/m1/s1. The molecule has 10 heteroatoms. The molecule has 0 aliphatic carbocycles. The van der Waals surface area contributed by atoms with Crippen LogP contribution in [-0.2, 0) is 25.9 Å². The van der Waals surface area contributed by atoms with Gasteiger partial charge in [-0.05, 0) is 78.3 Å². The lowest BCUT2D eigenvalue weighted by Gasteiger charge is -2.24. The zero-order chi connectivity index (χ0) is 30.3. The molecule has 3 aromatic rings. The maximum Gasteiger partial charge on any atom is 0.326 e. The Morgan fingerprint density at radius 1 is 1.07 bits per heavy atom. The Labute approximate surface area is 252 Å². The van der Waals surface area contributed by atoms with Gasteiger partial charge in [-0.25, -0.2) is 13.2 Å². The summed E-state index contributed by atoms with van der Waals surface area (Å²) in [5, 5.41) is 11.8. The van der Waals surface area contributed by atoms with Crippen LogP contribution >= 0.6 is 11.8 Å². The minimum absolute atomic E-state index is 0.0869. The van der Waals surface area contributed by atoms with E-state index in [9.17, 15) is 23.1 Å². The number of aliphatic carboxylic acids is 1. The quantitative estimate of drug-likeness (QED) is 0.287. The number of aryl methyl sites for hydroxylation is 1. The summed E-state index contributed by atoms with van der Waals surface area (Å²) in [4.78, 5) is 27.7. The summed E-state index contributed by atoms with van der Waals surface area (Å²) in [6.07, 6.45) is 2.68. The molecule has 0 radical (unpaired) electrons. The van der Waals surface area contributed by atoms with Gasteiger partial charge in [-0.15, -0.1) is 0 Å². The van der Waals surface area contributed by atoms with Crippen molar-refractivity contribution in [3.8, 4) is 11.1 Å². The number of carbonyl (C=O) groups is 2. The van der Waals surface area contributed by atoms with Crippen molar-refractivity contribution in [2.24, 2.45) is 0 Å². The van der Waals surface area contributed by atoms with Crippen molar-refractivity contribution < 1.29 is 27.9 Å². The molecule has 3 aromatic carbocycles. The highest BCUT2D eigenvalue weighted by Gasteiger charge is 2.40. The summed E-state index contributed by atoms with van der Waals surface area (Å²) in [6, 6.07) is 20.8. The number of ether oxygens (including phenoxy) is 1. The number of nitrogens with one attached hydrogen (secondary N) is 1. The van der Waals surface area contributed by atoms with Crippen molar-refractivity contribution in [3.05, 3.63) is 89.5 Å². The number of hydrogen-bond donors (Lipinski definition) is 2. The highest BCUT2D eigenvalue weighted by atomic mass is 32.2. The number of rotatable bonds is 13. The zero-order valence-corrected chi connectivity index (χ0v) is 25.8. The lowest BCUT2D eigenvalue weighted by molar-refractivity contribution is -0.139. The second kappa shape index (κ2) is 14.3. The molecule has 0 aromatic heterocycles. The Morgan fingerprint density at radius 3 is 2.45 bits per heavy atom. The summed E-state index contributed by atoms with van der Waals surface area (Å²) >= 11 is 1.53. The average molecular weight is 611 g/mol. The molecule has 0 unspecified atom stereocenters. The van der Waals surface area contributed by atoms with Gasteiger partial charge in [0.15, 0.2) is 9.84 Å². The Hall–Kier alpha value is -3.18. The smallest absolute Gasteiger partial charge is 0.326 e. The van der Waals surface area contributed by atoms with Gasteiger partial charge in [0.1, 0.15) is 6.04 Å². The van der Waals surface area contributed by atoms with Gasteiger partial charge in [0.05, 0.1) is 16.8 Å². The van der Waals surface area contributed by atoms with Crippen LogP contribution in [0.15, 0.2) is 77.7 Å². The molecular weight excluding hydrogens is 572 g/mol. The van der Waals surface area contributed by atoms with Crippen molar-refractivity contribution in [1.82, 2.24) is 10.2 Å². The molecule has 0 spiro atoms. The van der Waals surface area contributed by atoms with E-state index in [2.05, 4.69) is 10.2 Å². The minimum Gasteiger partial charge on any atom is -0.480 e. The van der Waals surface area contributed by atoms with Crippen LogP contribution < -0.4 is 5.32 Å². The number of hydrogen-bond acceptors (Lipinski definition) is 7. The van der Waals surface area contributed by atoms with E-state index in [0.29, 0.717) is 54.3 Å². The third-order valence-electron chi connectivity index (χ3n) is 7.72. The predicted octanol–water partition coefficient (Wildman–Crippen LogP) is 4.66. The third-order valence-corrected chi connectivity index (χ3v) is 10.5. The largest absolute Gasteiger partial charge is 0.480 e. The van der Waals surface area contributed by atoms with Crippen LogP contribution in [0.1, 0.15) is 34.3 Å². The van der Waals surface area contributed by atoms with E-state index in [0.717, 1.165) is 16.7 Å². The second-order valence-corrected chi connectivity index (χ2v) is 13.8. The number of sulfone groups is 1. The van der Waals surface area contributed by atoms with Crippen molar-refractivity contribution in [3.63, 3.8) is 0 Å². The van der Waals surface area contributed by atoms with E-state index in [1.165, 1.54) is 11.8 Å². The molecule has 1 heterocycles. The van der Waals surface area contributed by atoms with Crippen LogP contribution in [0, 0.1) is 6.92 Å². The maximum absolute atomic E-state index is 13.4. The van der Waals surface area contributed by atoms with E-state index >= 15 is 0 Å². The van der Waals surface area contributed by atoms with Gasteiger partial charge in [0, 0.05) is 31.8 Å². The van der Waals surface area contributed by atoms with E-state index in [4.69, 9.17) is 4.74 Å². The predicted molar refractivity (Wildman–Crippen MR) is 167 cm³/mol. The first-order chi connectivity index (χ1) is 20.1. The number of nitrogens with zero attached hydrogens (tertiary/aromatic N) is 1. The summed E-state index contributed by atoms with van der Waals surface area (Å²) in [7, 11) is -1.90. The van der Waals surface area contributed by atoms with Crippen LogP contribution in [0.4, 0.5) is 0 Å². The molecular formula is C32H38N2O6S2. The number of amides is 1. The molecule has 8 nitrogen and oxygen atoms in total. The number of methoxy groups -OCH3 is 1. The third kappa shape index (κ3) is 7.42. The maximum atomic E-state index is 13.4. The fraction of sp³-hybridized carbons (Fsp3) is 0.375. The van der Waals surface area contributed by atoms with E-state index in [1.807, 2.05) is 49.6 Å². The Kier molecular flexibility index (Phi) is 10.8. The fourth-order valence-corrected chi connectivity index (χ4v) is 7.73. The van der Waals surface area contributed by atoms with Crippen LogP contribution in [0.25, 0.3) is 11.1 Å². The summed E-state index contributed by atoms with van der Waals surface area (Å²) in [5.41, 5.74) is 3.87. The highest BCUT2D eigenvalue weighted by molar-refractivity contribution is 7.98. The first kappa shape index (κ1) is 31.7. The number of likely N-dealkylation sites (tertiary alicyclic amines) is 1. The number of carbonyl (C=O) groups excluding carboxylic acids is 1. The van der Waals surface area contributed by atoms with Crippen LogP contribution in [-0.4, -0.2) is 79.9 Å². The van der Waals surface area contributed by atoms with Gasteiger partial charge in [0.25, 0.3) is 5.91 Å². The lowest BCUT2D eigenvalue weighted by atomic mass is 9.93. The minimum atomic E-state index is -3.51. The summed E-state index contributed by atoms with van der Waals surface area (Å²) < 4.78 is 32.3. The molecule has 0 saturated carbocycles. The van der Waals surface area contributed by atoms with Crippen molar-refractivity contribution in [2.75, 3.05) is 32.3 Å². The van der Waals surface area contributed by atoms with Gasteiger partial charge in [-0.1, -0.05) is 48.5 Å². The Morgan fingerprint density at radius 2 is 1.79 bits per heavy atom. The molecule has 224 valence electrons. The first-order valence-corrected chi connectivity index (χ1v) is 16.8. The number of carboxylic acid groups (broad SMARTS) is 1. The molecule has 1 aliphatic rings. The molecule has 4 rings (SSSR count). The topological polar surface area (TPSA) is 113 Å². The number of benzene rings is 3. The second-order valence-electron chi connectivity index (χ2n) is 10.6. The van der Waals surface area contributed by atoms with Gasteiger partial charge in [-0.3, -0.25) is 9.69 Å². The summed E-state index contributed by atoms with van der Waals surface area (Å²) in [5.74, 6) is -0.897. The van der Waals surface area contributed by atoms with Crippen molar-refractivity contribution >= 4 is 33.5 Å². The van der Waals surface area contributed by atoms with Crippen LogP contribution in [0.5, 0.6) is 0 Å². The molecule has 1 fully saturated rings. The van der Waals surface area contributed by atoms with E-state index in [-0.39, 0.29) is 6.04 Å². The molecule has 2 N–H and O–H groups in total. The zero-order valence-electron chi connectivity index (χ0n) is 24.2. The Balaban J connectivity index is 1.64. The molecule has 42 heavy (non-hydrogen) atoms. The summed E-state index contributed by atoms with van der Waals surface area (Å²) in [6.45, 7) is 3.21. The van der Waals surface area contributed by atoms with Crippen molar-refractivity contribution in [2.45, 2.75) is 48.5 Å². The van der Waals surface area contributed by atoms with Gasteiger partial charge < -0.3 is 15.2 Å². The molecule has 0 bridgehead atoms. The van der Waals surface area contributed by atoms with Gasteiger partial charge in [-0.2, -0.15) is 11.8 Å². The SMILES string of the molecule is COC[C@H]1C[C@H](S(=O)(=O)c2ccccc2)CN1Cc1ccc(C(=O)N[C@H](CCSC)C(=O)O)c(-c2ccccc2C)c1. The van der Waals surface area contributed by atoms with E-state index in [1.54, 1.807) is 43.5 Å². The Bertz CT molecular complexity index is 1500. The molecule has 1 aliphatic heterocycles. The lowest BCUT2D eigenvalue weighted by Crippen LogP contribution is -2.41. The monoisotopic (exact) mass is 610 g/mol. The number of thioether (sulfide) groups is 1. The first-order valence-electron chi connectivity index (χ1n) is 13.9. The normalized spacial score (nSPS) is 18.1. The van der Waals surface area contributed by atoms with Gasteiger partial charge in [0.2, 0.25) is 0 Å². The molecule has 1 amide bonds.